The van der Waals surface area contributed by atoms with Crippen LogP contribution in [0.4, 0.5) is 23.2 Å². The fourth-order valence-corrected chi connectivity index (χ4v) is 8.90. The maximum atomic E-state index is 15.0. The molecular weight excluding hydrogens is 748 g/mol. The molecule has 2 aromatic carbocycles. The van der Waals surface area contributed by atoms with E-state index in [1.807, 2.05) is 23.0 Å². The van der Waals surface area contributed by atoms with Gasteiger partial charge in [0.05, 0.1) is 35.4 Å². The lowest BCUT2D eigenvalue weighted by atomic mass is 9.84. The van der Waals surface area contributed by atoms with E-state index in [9.17, 15) is 32.3 Å². The van der Waals surface area contributed by atoms with Crippen LogP contribution >= 0.6 is 0 Å². The minimum atomic E-state index is -4.72. The number of alkyl halides is 3. The summed E-state index contributed by atoms with van der Waals surface area (Å²) >= 11 is 0. The van der Waals surface area contributed by atoms with E-state index in [0.29, 0.717) is 28.1 Å². The molecule has 1 atom stereocenters. The van der Waals surface area contributed by atoms with Gasteiger partial charge in [-0.05, 0) is 100 Å². The van der Waals surface area contributed by atoms with Crippen molar-refractivity contribution in [3.05, 3.63) is 81.9 Å². The SMILES string of the molecule is COc1ccc2c(c1C1CCN(C[C@H]3CC[C@H](n4cc5cc(NC(=O)c6cccc(C(F)(F)F)n6)c(F)cc5n4)CC3)CC1)n(C)c(=O)n2C1CCC(=O)NC1=O. The van der Waals surface area contributed by atoms with Crippen molar-refractivity contribution < 1.29 is 36.7 Å². The average molecular weight is 791 g/mol. The summed E-state index contributed by atoms with van der Waals surface area (Å²) in [4.78, 5) is 56.7. The lowest BCUT2D eigenvalue weighted by molar-refractivity contribution is -0.141. The van der Waals surface area contributed by atoms with Crippen molar-refractivity contribution in [3.63, 3.8) is 0 Å². The number of anilines is 1. The Hall–Kier alpha value is -5.58. The number of amides is 3. The van der Waals surface area contributed by atoms with Gasteiger partial charge in [0.2, 0.25) is 11.8 Å². The predicted octanol–water partition coefficient (Wildman–Crippen LogP) is 6.09. The molecule has 5 heterocycles. The zero-order valence-corrected chi connectivity index (χ0v) is 31.4. The number of ether oxygens (including phenoxy) is 1. The van der Waals surface area contributed by atoms with Crippen LogP contribution in [0.2, 0.25) is 0 Å². The highest BCUT2D eigenvalue weighted by atomic mass is 19.4. The lowest BCUT2D eigenvalue weighted by Gasteiger charge is -2.37. The van der Waals surface area contributed by atoms with Crippen LogP contribution in [0.3, 0.4) is 0 Å². The number of methoxy groups -OCH3 is 1. The number of likely N-dealkylation sites (tertiary alicyclic amines) is 1. The second-order valence-electron chi connectivity index (χ2n) is 15.3. The first-order chi connectivity index (χ1) is 27.3. The van der Waals surface area contributed by atoms with Gasteiger partial charge in [-0.1, -0.05) is 6.07 Å². The van der Waals surface area contributed by atoms with E-state index in [0.717, 1.165) is 87.4 Å². The Morgan fingerprint density at radius 3 is 2.46 bits per heavy atom. The number of nitrogens with zero attached hydrogens (tertiary/aromatic N) is 6. The molecule has 0 spiro atoms. The number of imidazole rings is 1. The number of aromatic nitrogens is 5. The molecule has 57 heavy (non-hydrogen) atoms. The normalized spacial score (nSPS) is 21.3. The Bertz CT molecular complexity index is 2440. The van der Waals surface area contributed by atoms with E-state index in [-0.39, 0.29) is 42.1 Å². The zero-order valence-electron chi connectivity index (χ0n) is 31.4. The summed E-state index contributed by atoms with van der Waals surface area (Å²) in [5.41, 5.74) is 0.608. The Kier molecular flexibility index (Phi) is 10.1. The Labute approximate surface area is 324 Å². The summed E-state index contributed by atoms with van der Waals surface area (Å²) in [6, 6.07) is 8.64. The highest BCUT2D eigenvalue weighted by Crippen LogP contribution is 2.41. The molecule has 3 aliphatic rings. The third kappa shape index (κ3) is 7.40. The number of carbonyl (C=O) groups is 3. The van der Waals surface area contributed by atoms with E-state index in [2.05, 4.69) is 25.6 Å². The van der Waals surface area contributed by atoms with Crippen molar-refractivity contribution in [2.24, 2.45) is 13.0 Å². The molecule has 3 fully saturated rings. The highest BCUT2D eigenvalue weighted by Gasteiger charge is 2.35. The first-order valence-corrected chi connectivity index (χ1v) is 19.2. The van der Waals surface area contributed by atoms with E-state index >= 15 is 4.39 Å². The van der Waals surface area contributed by atoms with Gasteiger partial charge in [-0.15, -0.1) is 0 Å². The molecule has 3 aromatic heterocycles. The van der Waals surface area contributed by atoms with E-state index < -0.39 is 41.2 Å². The molecule has 2 N–H and O–H groups in total. The fourth-order valence-electron chi connectivity index (χ4n) is 8.90. The smallest absolute Gasteiger partial charge is 0.433 e. The number of carbonyl (C=O) groups excluding carboxylic acids is 3. The first-order valence-electron chi connectivity index (χ1n) is 19.2. The van der Waals surface area contributed by atoms with E-state index in [4.69, 9.17) is 4.74 Å². The van der Waals surface area contributed by atoms with Crippen molar-refractivity contribution in [1.82, 2.24) is 34.1 Å². The van der Waals surface area contributed by atoms with Gasteiger partial charge in [-0.25, -0.2) is 14.2 Å². The minimum absolute atomic E-state index is 0.113. The first kappa shape index (κ1) is 38.3. The van der Waals surface area contributed by atoms with Gasteiger partial charge in [-0.2, -0.15) is 18.3 Å². The molecule has 8 rings (SSSR count). The van der Waals surface area contributed by atoms with Crippen molar-refractivity contribution in [1.29, 1.82) is 0 Å². The Balaban J connectivity index is 0.889. The van der Waals surface area contributed by atoms with Gasteiger partial charge < -0.3 is 15.0 Å². The van der Waals surface area contributed by atoms with Crippen LogP contribution in [0.1, 0.15) is 91.1 Å². The third-order valence-electron chi connectivity index (χ3n) is 11.8. The van der Waals surface area contributed by atoms with E-state index in [1.54, 1.807) is 18.7 Å². The number of aryl methyl sites for hydroxylation is 1. The molecule has 0 bridgehead atoms. The summed E-state index contributed by atoms with van der Waals surface area (Å²) in [7, 11) is 3.34. The van der Waals surface area contributed by atoms with Crippen LogP contribution < -0.4 is 21.1 Å². The zero-order chi connectivity index (χ0) is 40.2. The quantitative estimate of drug-likeness (QED) is 0.142. The lowest BCUT2D eigenvalue weighted by Crippen LogP contribution is -2.44. The molecule has 3 amide bonds. The van der Waals surface area contributed by atoms with E-state index in [1.165, 1.54) is 16.7 Å². The second-order valence-corrected chi connectivity index (χ2v) is 15.3. The standard InChI is InChI=1S/C40H42F4N8O5/c1-49-36-30(52(39(49)56)31-11-13-34(53)47-38(31)55)10-12-32(57-2)35(36)23-14-16-50(17-15-23)20-22-6-8-25(9-7-22)51-21-24-18-29(26(41)19-28(24)48-51)46-37(54)27-4-3-5-33(45-27)40(42,43)44/h3-5,10,12,18-19,21-23,25,31H,6-9,11,13-17,20H2,1-2H3,(H,46,54)(H,47,53,55)/t22-,25-,31?. The number of halogens is 4. The Morgan fingerprint density at radius 2 is 1.75 bits per heavy atom. The molecular formula is C40H42F4N8O5. The number of rotatable bonds is 8. The van der Waals surface area contributed by atoms with Crippen molar-refractivity contribution >= 4 is 45.3 Å². The largest absolute Gasteiger partial charge is 0.496 e. The molecule has 1 unspecified atom stereocenters. The van der Waals surface area contributed by atoms with Crippen molar-refractivity contribution in [2.45, 2.75) is 75.5 Å². The minimum Gasteiger partial charge on any atom is -0.496 e. The topological polar surface area (TPSA) is 145 Å². The number of piperidine rings is 2. The monoisotopic (exact) mass is 790 g/mol. The number of imide groups is 1. The van der Waals surface area contributed by atoms with Crippen LogP contribution in [0.25, 0.3) is 21.9 Å². The number of hydrogen-bond acceptors (Lipinski definition) is 8. The van der Waals surface area contributed by atoms with Gasteiger partial charge in [0.15, 0.2) is 0 Å². The summed E-state index contributed by atoms with van der Waals surface area (Å²) < 4.78 is 65.1. The summed E-state index contributed by atoms with van der Waals surface area (Å²) in [5.74, 6) is -1.18. The maximum absolute atomic E-state index is 15.0. The molecule has 17 heteroatoms. The second kappa shape index (κ2) is 15.1. The molecule has 0 radical (unpaired) electrons. The van der Waals surface area contributed by atoms with Gasteiger partial charge in [0.1, 0.15) is 29.0 Å². The number of hydrogen-bond donors (Lipinski definition) is 2. The molecule has 2 saturated heterocycles. The van der Waals surface area contributed by atoms with Gasteiger partial charge in [0, 0.05) is 43.2 Å². The molecule has 1 saturated carbocycles. The van der Waals surface area contributed by atoms with Gasteiger partial charge in [-0.3, -0.25) is 33.5 Å². The predicted molar refractivity (Wildman–Crippen MR) is 201 cm³/mol. The van der Waals surface area contributed by atoms with Crippen LogP contribution in [0.15, 0.2) is 53.5 Å². The van der Waals surface area contributed by atoms with Crippen LogP contribution in [-0.2, 0) is 22.8 Å². The number of benzene rings is 2. The molecule has 300 valence electrons. The molecule has 5 aromatic rings. The maximum Gasteiger partial charge on any atom is 0.433 e. The molecule has 1 aliphatic carbocycles. The highest BCUT2D eigenvalue weighted by molar-refractivity contribution is 6.04. The van der Waals surface area contributed by atoms with Crippen LogP contribution in [0.5, 0.6) is 5.75 Å². The van der Waals surface area contributed by atoms with Gasteiger partial charge in [0.25, 0.3) is 5.91 Å². The van der Waals surface area contributed by atoms with Crippen molar-refractivity contribution in [3.8, 4) is 5.75 Å². The van der Waals surface area contributed by atoms with Crippen molar-refractivity contribution in [2.75, 3.05) is 32.1 Å². The third-order valence-corrected chi connectivity index (χ3v) is 11.8. The van der Waals surface area contributed by atoms with Crippen LogP contribution in [-0.4, -0.2) is 73.3 Å². The summed E-state index contributed by atoms with van der Waals surface area (Å²) in [6.45, 7) is 2.72. The number of fused-ring (bicyclic) bond motifs is 2. The number of pyridine rings is 1. The Morgan fingerprint density at radius 1 is 1.00 bits per heavy atom. The average Bonchev–Trinajstić information content (AvgIpc) is 3.71. The van der Waals surface area contributed by atoms with Crippen LogP contribution in [0, 0.1) is 11.7 Å². The number of nitrogens with one attached hydrogen (secondary N) is 2. The summed E-state index contributed by atoms with van der Waals surface area (Å²) in [5, 5.41) is 9.93. The fraction of sp³-hybridized carbons (Fsp3) is 0.450. The van der Waals surface area contributed by atoms with Gasteiger partial charge >= 0.3 is 11.9 Å². The summed E-state index contributed by atoms with van der Waals surface area (Å²) in [6.07, 6.45) is 3.03. The molecule has 2 aliphatic heterocycles. The molecule has 13 nitrogen and oxygen atoms in total.